The predicted octanol–water partition coefficient (Wildman–Crippen LogP) is 3.44. The van der Waals surface area contributed by atoms with E-state index >= 15 is 0 Å². The van der Waals surface area contributed by atoms with E-state index in [-0.39, 0.29) is 0 Å². The molecule has 20 heavy (non-hydrogen) atoms. The van der Waals surface area contributed by atoms with E-state index in [2.05, 4.69) is 61.2 Å². The third kappa shape index (κ3) is 7.59. The average molecular weight is 314 g/mol. The fourth-order valence-corrected chi connectivity index (χ4v) is 1.32. The molecule has 1 aromatic carbocycles. The van der Waals surface area contributed by atoms with Crippen LogP contribution in [-0.2, 0) is 0 Å². The van der Waals surface area contributed by atoms with Crippen LogP contribution in [0.3, 0.4) is 0 Å². The van der Waals surface area contributed by atoms with Crippen LogP contribution >= 0.6 is 25.3 Å². The molecule has 0 radical (unpaired) electrons. The molecule has 0 aliphatic heterocycles. The highest BCUT2D eigenvalue weighted by Gasteiger charge is 2.00. The maximum absolute atomic E-state index is 8.86. The van der Waals surface area contributed by atoms with Gasteiger partial charge in [0.15, 0.2) is 0 Å². The number of thiol groups is 2. The van der Waals surface area contributed by atoms with Crippen LogP contribution in [0.15, 0.2) is 24.5 Å². The maximum Gasteiger partial charge on any atom is 0.361 e. The number of carbonyl (C=O) groups is 2. The molecule has 6 nitrogen and oxygen atoms in total. The molecule has 8 heteroatoms. The molecular formula is C12H14N2O4S2. The van der Waals surface area contributed by atoms with E-state index in [1.54, 1.807) is 12.4 Å². The van der Waals surface area contributed by atoms with Crippen LogP contribution in [0, 0.1) is 13.8 Å². The molecule has 1 heterocycles. The predicted molar refractivity (Wildman–Crippen MR) is 83.0 cm³/mol. The molecule has 2 rings (SSSR count). The number of nitrogens with zero attached hydrogens (tertiary/aromatic N) is 2. The number of hydrogen-bond donors (Lipinski definition) is 4. The number of carboxylic acid groups (broad SMARTS) is 2. The zero-order chi connectivity index (χ0) is 15.7. The van der Waals surface area contributed by atoms with Gasteiger partial charge in [-0.05, 0) is 25.0 Å². The zero-order valence-electron chi connectivity index (χ0n) is 10.8. The number of benzene rings is 1. The van der Waals surface area contributed by atoms with Crippen LogP contribution in [-0.4, -0.2) is 30.8 Å². The van der Waals surface area contributed by atoms with Crippen LogP contribution < -0.4 is 0 Å². The summed E-state index contributed by atoms with van der Waals surface area (Å²) >= 11 is 5.77. The Kier molecular flexibility index (Phi) is 8.33. The average Bonchev–Trinajstić information content (AvgIpc) is 2.33. The van der Waals surface area contributed by atoms with Crippen molar-refractivity contribution in [3.05, 3.63) is 35.7 Å². The summed E-state index contributed by atoms with van der Waals surface area (Å²) in [5.74, 6) is 0. The third-order valence-electron chi connectivity index (χ3n) is 2.03. The van der Waals surface area contributed by atoms with Crippen LogP contribution in [0.5, 0.6) is 0 Å². The van der Waals surface area contributed by atoms with Crippen molar-refractivity contribution in [2.45, 2.75) is 13.8 Å². The highest BCUT2D eigenvalue weighted by Crippen LogP contribution is 2.16. The minimum atomic E-state index is -1.14. The maximum atomic E-state index is 8.86. The lowest BCUT2D eigenvalue weighted by molar-refractivity contribution is 0.221. The molecule has 1 aromatic heterocycles. The Labute approximate surface area is 126 Å². The van der Waals surface area contributed by atoms with Gasteiger partial charge in [0.2, 0.25) is 0 Å². The molecule has 0 unspecified atom stereocenters. The van der Waals surface area contributed by atoms with E-state index in [4.69, 9.17) is 19.8 Å². The standard InChI is InChI=1S/C10H10N2.2CH2O2S/c1-7-3-4-8(2)10-9(7)11-5-6-12-10;2*2-1(3)4/h3-6H,1-2H3;2*4H,(H,2,3). The molecule has 2 aromatic rings. The van der Waals surface area contributed by atoms with Gasteiger partial charge < -0.3 is 10.2 Å². The summed E-state index contributed by atoms with van der Waals surface area (Å²) in [6.45, 7) is 4.10. The van der Waals surface area contributed by atoms with Gasteiger partial charge in [-0.3, -0.25) is 9.97 Å². The van der Waals surface area contributed by atoms with Crippen molar-refractivity contribution >= 4 is 46.9 Å². The number of fused-ring (bicyclic) bond motifs is 1. The van der Waals surface area contributed by atoms with Crippen LogP contribution in [0.25, 0.3) is 11.0 Å². The summed E-state index contributed by atoms with van der Waals surface area (Å²) in [5, 5.41) is 12.3. The highest BCUT2D eigenvalue weighted by atomic mass is 32.1. The van der Waals surface area contributed by atoms with Crippen LogP contribution in [0.1, 0.15) is 11.1 Å². The van der Waals surface area contributed by atoms with Crippen molar-refractivity contribution in [1.29, 1.82) is 0 Å². The van der Waals surface area contributed by atoms with Crippen LogP contribution in [0.2, 0.25) is 0 Å². The van der Waals surface area contributed by atoms with E-state index < -0.39 is 10.6 Å². The van der Waals surface area contributed by atoms with Gasteiger partial charge in [0, 0.05) is 12.4 Å². The third-order valence-corrected chi connectivity index (χ3v) is 2.03. The van der Waals surface area contributed by atoms with Crippen molar-refractivity contribution < 1.29 is 19.8 Å². The highest BCUT2D eigenvalue weighted by molar-refractivity contribution is 7.96. The smallest absolute Gasteiger partial charge is 0.361 e. The first kappa shape index (κ1) is 18.2. The molecule has 0 bridgehead atoms. The Bertz CT molecular complexity index is 545. The lowest BCUT2D eigenvalue weighted by atomic mass is 10.1. The van der Waals surface area contributed by atoms with Gasteiger partial charge >= 0.3 is 10.6 Å². The second-order valence-electron chi connectivity index (χ2n) is 3.52. The van der Waals surface area contributed by atoms with E-state index in [1.807, 2.05) is 0 Å². The number of aromatic nitrogens is 2. The lowest BCUT2D eigenvalue weighted by Gasteiger charge is -2.01. The molecule has 0 atom stereocenters. The minimum absolute atomic E-state index is 1.01. The van der Waals surface area contributed by atoms with E-state index in [0.717, 1.165) is 11.0 Å². The molecule has 0 fully saturated rings. The molecule has 0 spiro atoms. The largest absolute Gasteiger partial charge is 0.473 e. The van der Waals surface area contributed by atoms with Gasteiger partial charge in [-0.25, -0.2) is 9.59 Å². The Morgan fingerprint density at radius 2 is 1.15 bits per heavy atom. The van der Waals surface area contributed by atoms with Gasteiger partial charge in [-0.2, -0.15) is 0 Å². The van der Waals surface area contributed by atoms with E-state index in [9.17, 15) is 0 Å². The van der Waals surface area contributed by atoms with Crippen molar-refractivity contribution in [3.63, 3.8) is 0 Å². The Morgan fingerprint density at radius 3 is 1.40 bits per heavy atom. The second-order valence-corrected chi connectivity index (χ2v) is 4.28. The Hall–Kier alpha value is -1.80. The summed E-state index contributed by atoms with van der Waals surface area (Å²) < 4.78 is 0. The fourth-order valence-electron chi connectivity index (χ4n) is 1.32. The quantitative estimate of drug-likeness (QED) is 0.556. The zero-order valence-corrected chi connectivity index (χ0v) is 12.6. The van der Waals surface area contributed by atoms with Crippen molar-refractivity contribution in [2.75, 3.05) is 0 Å². The van der Waals surface area contributed by atoms with E-state index in [0.29, 0.717) is 0 Å². The fraction of sp³-hybridized carbons (Fsp3) is 0.167. The summed E-state index contributed by atoms with van der Waals surface area (Å²) in [6, 6.07) is 4.15. The molecule has 0 amide bonds. The second kappa shape index (κ2) is 9.16. The molecular weight excluding hydrogens is 300 g/mol. The molecule has 2 N–H and O–H groups in total. The Morgan fingerprint density at radius 1 is 0.900 bits per heavy atom. The van der Waals surface area contributed by atoms with Gasteiger partial charge in [0.1, 0.15) is 0 Å². The van der Waals surface area contributed by atoms with Gasteiger partial charge in [0.05, 0.1) is 11.0 Å². The molecule has 108 valence electrons. The number of hydrogen-bond acceptors (Lipinski definition) is 4. The molecule has 0 saturated carbocycles. The van der Waals surface area contributed by atoms with Gasteiger partial charge in [-0.15, -0.1) is 0 Å². The summed E-state index contributed by atoms with van der Waals surface area (Å²) in [6.07, 6.45) is 3.46. The lowest BCUT2D eigenvalue weighted by Crippen LogP contribution is -1.88. The number of rotatable bonds is 0. The molecule has 0 saturated heterocycles. The first-order chi connectivity index (χ1) is 9.25. The number of aryl methyl sites for hydroxylation is 2. The van der Waals surface area contributed by atoms with Gasteiger partial charge in [-0.1, -0.05) is 37.4 Å². The van der Waals surface area contributed by atoms with Crippen LogP contribution in [0.4, 0.5) is 9.59 Å². The first-order valence-corrected chi connectivity index (χ1v) is 6.15. The normalized spacial score (nSPS) is 8.80. The summed E-state index contributed by atoms with van der Waals surface area (Å²) in [5.41, 5.74) is 4.39. The van der Waals surface area contributed by atoms with Crippen molar-refractivity contribution in [1.82, 2.24) is 9.97 Å². The summed E-state index contributed by atoms with van der Waals surface area (Å²) in [7, 11) is 0. The molecule has 0 aliphatic carbocycles. The summed E-state index contributed by atoms with van der Waals surface area (Å²) in [4.78, 5) is 26.3. The molecule has 0 aliphatic rings. The topological polar surface area (TPSA) is 100 Å². The monoisotopic (exact) mass is 314 g/mol. The van der Waals surface area contributed by atoms with Crippen molar-refractivity contribution in [3.8, 4) is 0 Å². The first-order valence-electron chi connectivity index (χ1n) is 5.26. The van der Waals surface area contributed by atoms with E-state index in [1.165, 1.54) is 11.1 Å². The minimum Gasteiger partial charge on any atom is -0.473 e. The Balaban J connectivity index is 0.000000380. The SMILES string of the molecule is Cc1ccc(C)c2nccnc12.O=C(O)S.O=C(O)S. The van der Waals surface area contributed by atoms with Gasteiger partial charge in [0.25, 0.3) is 0 Å². The van der Waals surface area contributed by atoms with Crippen molar-refractivity contribution in [2.24, 2.45) is 0 Å².